The van der Waals surface area contributed by atoms with Crippen molar-refractivity contribution in [3.05, 3.63) is 200 Å². The Hall–Kier alpha value is -7.01. The van der Waals surface area contributed by atoms with Crippen LogP contribution in [0.5, 0.6) is 0 Å². The molecule has 0 aliphatic rings. The van der Waals surface area contributed by atoms with Gasteiger partial charge in [0.15, 0.2) is 5.82 Å². The molecule has 0 N–H and O–H groups in total. The van der Waals surface area contributed by atoms with Crippen molar-refractivity contribution in [1.29, 1.82) is 0 Å². The summed E-state index contributed by atoms with van der Waals surface area (Å²) in [4.78, 5) is 14.7. The molecule has 3 aromatic heterocycles. The van der Waals surface area contributed by atoms with Gasteiger partial charge in [0.05, 0.1) is 11.4 Å². The lowest BCUT2D eigenvalue weighted by Crippen LogP contribution is -1.97. The summed E-state index contributed by atoms with van der Waals surface area (Å²) in [6.07, 6.45) is 3.66. The zero-order chi connectivity index (χ0) is 36.6. The smallest absolute Gasteiger partial charge is 0.160 e. The molecular weight excluding hydrogens is 687 g/mol. The fourth-order valence-corrected chi connectivity index (χ4v) is 8.77. The van der Waals surface area contributed by atoms with Crippen molar-refractivity contribution in [1.82, 2.24) is 15.0 Å². The standard InChI is InChI=1S/C51H33N3S/c1-3-13-35(14-4-1)42-19-7-8-20-43(42)39-30-40(44-22-12-23-46-45-21-9-10-24-49(45)55-50(44)46)32-41(31-39)48-33-47(53-51(54-48)36-15-5-2-6-16-36)38-18-11-17-37(29-38)34-25-27-52-28-26-34/h1-33H. The zero-order valence-corrected chi connectivity index (χ0v) is 30.6. The van der Waals surface area contributed by atoms with Crippen LogP contribution in [0.4, 0.5) is 0 Å². The molecule has 7 aromatic carbocycles. The van der Waals surface area contributed by atoms with E-state index >= 15 is 0 Å². The number of benzene rings is 7. The first-order chi connectivity index (χ1) is 27.2. The van der Waals surface area contributed by atoms with Crippen LogP contribution in [0.2, 0.25) is 0 Å². The van der Waals surface area contributed by atoms with Crippen molar-refractivity contribution < 1.29 is 0 Å². The molecule has 3 nitrogen and oxygen atoms in total. The van der Waals surface area contributed by atoms with Gasteiger partial charge in [0.25, 0.3) is 0 Å². The van der Waals surface area contributed by atoms with E-state index in [0.29, 0.717) is 5.82 Å². The summed E-state index contributed by atoms with van der Waals surface area (Å²) in [6, 6.07) is 66.8. The fraction of sp³-hybridized carbons (Fsp3) is 0. The summed E-state index contributed by atoms with van der Waals surface area (Å²) in [5.74, 6) is 0.686. The van der Waals surface area contributed by atoms with Gasteiger partial charge in [0.1, 0.15) is 0 Å². The molecular formula is C51H33N3S. The minimum atomic E-state index is 0.686. The maximum Gasteiger partial charge on any atom is 0.160 e. The Morgan fingerprint density at radius 2 is 0.855 bits per heavy atom. The minimum Gasteiger partial charge on any atom is -0.265 e. The first kappa shape index (κ1) is 32.6. The van der Waals surface area contributed by atoms with Crippen molar-refractivity contribution >= 4 is 31.5 Å². The van der Waals surface area contributed by atoms with Crippen LogP contribution < -0.4 is 0 Å². The maximum absolute atomic E-state index is 5.31. The topological polar surface area (TPSA) is 38.7 Å². The lowest BCUT2D eigenvalue weighted by molar-refractivity contribution is 1.18. The number of hydrogen-bond acceptors (Lipinski definition) is 4. The molecule has 3 heterocycles. The Labute approximate surface area is 323 Å². The van der Waals surface area contributed by atoms with Gasteiger partial charge in [-0.1, -0.05) is 140 Å². The number of nitrogens with zero attached hydrogens (tertiary/aromatic N) is 3. The quantitative estimate of drug-likeness (QED) is 0.165. The van der Waals surface area contributed by atoms with Gasteiger partial charge in [-0.2, -0.15) is 0 Å². The van der Waals surface area contributed by atoms with E-state index < -0.39 is 0 Å². The SMILES string of the molecule is c1ccc(-c2nc(-c3cccc(-c4ccncc4)c3)cc(-c3cc(-c4ccccc4-c4ccccc4)cc(-c4cccc5c4sc4ccccc45)c3)n2)cc1. The number of hydrogen-bond donors (Lipinski definition) is 0. The number of pyridine rings is 1. The zero-order valence-electron chi connectivity index (χ0n) is 29.8. The van der Waals surface area contributed by atoms with Crippen molar-refractivity contribution in [2.45, 2.75) is 0 Å². The molecule has 0 amide bonds. The van der Waals surface area contributed by atoms with Crippen LogP contribution in [0, 0.1) is 0 Å². The molecule has 0 unspecified atom stereocenters. The van der Waals surface area contributed by atoms with Crippen LogP contribution in [0.25, 0.3) is 98.6 Å². The summed E-state index contributed by atoms with van der Waals surface area (Å²) in [5, 5.41) is 2.57. The summed E-state index contributed by atoms with van der Waals surface area (Å²) < 4.78 is 2.57. The van der Waals surface area contributed by atoms with Gasteiger partial charge in [-0.15, -0.1) is 11.3 Å². The molecule has 0 bridgehead atoms. The molecule has 10 rings (SSSR count). The summed E-state index contributed by atoms with van der Waals surface area (Å²) in [6.45, 7) is 0. The molecule has 0 saturated heterocycles. The van der Waals surface area contributed by atoms with E-state index in [2.05, 4.69) is 163 Å². The Balaban J connectivity index is 1.22. The van der Waals surface area contributed by atoms with E-state index in [1.54, 1.807) is 0 Å². The molecule has 0 spiro atoms. The third-order valence-corrected chi connectivity index (χ3v) is 11.4. The van der Waals surface area contributed by atoms with Crippen molar-refractivity contribution in [2.24, 2.45) is 0 Å². The van der Waals surface area contributed by atoms with Crippen LogP contribution in [0.15, 0.2) is 200 Å². The normalized spacial score (nSPS) is 11.3. The second-order valence-electron chi connectivity index (χ2n) is 13.6. The molecule has 55 heavy (non-hydrogen) atoms. The molecule has 0 aliphatic carbocycles. The molecule has 0 radical (unpaired) electrons. The van der Waals surface area contributed by atoms with Crippen LogP contribution in [0.1, 0.15) is 0 Å². The highest BCUT2D eigenvalue weighted by molar-refractivity contribution is 7.26. The van der Waals surface area contributed by atoms with E-state index in [1.807, 2.05) is 54.1 Å². The van der Waals surface area contributed by atoms with Gasteiger partial charge in [0.2, 0.25) is 0 Å². The Morgan fingerprint density at radius 1 is 0.327 bits per heavy atom. The second kappa shape index (κ2) is 14.1. The summed E-state index contributed by atoms with van der Waals surface area (Å²) in [5.41, 5.74) is 14.0. The monoisotopic (exact) mass is 719 g/mol. The van der Waals surface area contributed by atoms with Crippen molar-refractivity contribution in [3.63, 3.8) is 0 Å². The average molecular weight is 720 g/mol. The van der Waals surface area contributed by atoms with Crippen molar-refractivity contribution in [2.75, 3.05) is 0 Å². The highest BCUT2D eigenvalue weighted by atomic mass is 32.1. The number of aromatic nitrogens is 3. The molecule has 4 heteroatoms. The molecule has 0 fully saturated rings. The fourth-order valence-electron chi connectivity index (χ4n) is 7.53. The van der Waals surface area contributed by atoms with Crippen molar-refractivity contribution in [3.8, 4) is 78.4 Å². The lowest BCUT2D eigenvalue weighted by Gasteiger charge is -2.16. The van der Waals surface area contributed by atoms with E-state index in [9.17, 15) is 0 Å². The summed E-state index contributed by atoms with van der Waals surface area (Å²) in [7, 11) is 0. The predicted octanol–water partition coefficient (Wildman–Crippen LogP) is 13.9. The van der Waals surface area contributed by atoms with Gasteiger partial charge in [0, 0.05) is 49.3 Å². The van der Waals surface area contributed by atoms with Crippen LogP contribution >= 0.6 is 11.3 Å². The average Bonchev–Trinajstić information content (AvgIpc) is 3.66. The number of thiophene rings is 1. The second-order valence-corrected chi connectivity index (χ2v) is 14.7. The number of fused-ring (bicyclic) bond motifs is 3. The first-order valence-electron chi connectivity index (χ1n) is 18.4. The van der Waals surface area contributed by atoms with Crippen LogP contribution in [0.3, 0.4) is 0 Å². The number of rotatable bonds is 7. The molecule has 258 valence electrons. The molecule has 0 saturated carbocycles. The van der Waals surface area contributed by atoms with Gasteiger partial charge in [-0.25, -0.2) is 9.97 Å². The van der Waals surface area contributed by atoms with E-state index in [4.69, 9.17) is 9.97 Å². The van der Waals surface area contributed by atoms with Crippen LogP contribution in [-0.2, 0) is 0 Å². The van der Waals surface area contributed by atoms with E-state index in [1.165, 1.54) is 42.4 Å². The first-order valence-corrected chi connectivity index (χ1v) is 19.2. The summed E-state index contributed by atoms with van der Waals surface area (Å²) >= 11 is 1.86. The van der Waals surface area contributed by atoms with Gasteiger partial charge in [-0.05, 0) is 93.0 Å². The van der Waals surface area contributed by atoms with E-state index in [0.717, 1.165) is 50.3 Å². The Bertz CT molecular complexity index is 2970. The van der Waals surface area contributed by atoms with Crippen LogP contribution in [-0.4, -0.2) is 15.0 Å². The van der Waals surface area contributed by atoms with Gasteiger partial charge >= 0.3 is 0 Å². The largest absolute Gasteiger partial charge is 0.265 e. The van der Waals surface area contributed by atoms with E-state index in [-0.39, 0.29) is 0 Å². The maximum atomic E-state index is 5.31. The lowest BCUT2D eigenvalue weighted by atomic mass is 9.90. The highest BCUT2D eigenvalue weighted by Gasteiger charge is 2.17. The highest BCUT2D eigenvalue weighted by Crippen LogP contribution is 2.43. The third-order valence-electron chi connectivity index (χ3n) is 10.2. The van der Waals surface area contributed by atoms with Gasteiger partial charge < -0.3 is 0 Å². The molecule has 0 aliphatic heterocycles. The predicted molar refractivity (Wildman–Crippen MR) is 231 cm³/mol. The molecule has 10 aromatic rings. The van der Waals surface area contributed by atoms with Gasteiger partial charge in [-0.3, -0.25) is 4.98 Å². The Morgan fingerprint density at radius 3 is 1.64 bits per heavy atom. The minimum absolute atomic E-state index is 0.686. The Kier molecular flexibility index (Phi) is 8.36. The molecule has 0 atom stereocenters. The third kappa shape index (κ3) is 6.29.